The van der Waals surface area contributed by atoms with E-state index in [1.807, 2.05) is 24.3 Å². The van der Waals surface area contributed by atoms with Crippen LogP contribution in [0.1, 0.15) is 11.1 Å². The van der Waals surface area contributed by atoms with E-state index in [0.29, 0.717) is 36.7 Å². The minimum Gasteiger partial charge on any atom is -0.493 e. The first-order valence-electron chi connectivity index (χ1n) is 8.63. The Bertz CT molecular complexity index is 1130. The highest BCUT2D eigenvalue weighted by Crippen LogP contribution is 2.31. The lowest BCUT2D eigenvalue weighted by atomic mass is 10.0. The van der Waals surface area contributed by atoms with Crippen molar-refractivity contribution in [1.82, 2.24) is 19.6 Å². The van der Waals surface area contributed by atoms with Crippen molar-refractivity contribution in [2.24, 2.45) is 0 Å². The van der Waals surface area contributed by atoms with E-state index in [1.165, 1.54) is 6.07 Å². The number of hydrogen-bond acceptors (Lipinski definition) is 5. The average Bonchev–Trinajstić information content (AvgIpc) is 3.37. The van der Waals surface area contributed by atoms with Crippen molar-refractivity contribution in [3.8, 4) is 16.9 Å². The fourth-order valence-electron chi connectivity index (χ4n) is 3.39. The standard InChI is InChI=1S/C20H15FN5O/c21-17-6-7-18-14(8-9-27-18)16(17)11-23-20-22-10-15(13-4-2-1-3-5-13)19-25-24-12-26(19)20/h2-7,10,12H,8-9,11H2,(H,22,23). The molecule has 0 saturated carbocycles. The van der Waals surface area contributed by atoms with Crippen molar-refractivity contribution in [2.75, 3.05) is 11.9 Å². The fraction of sp³-hybridized carbons (Fsp3) is 0.150. The number of halogens is 1. The third-order valence-corrected chi connectivity index (χ3v) is 4.73. The van der Waals surface area contributed by atoms with E-state index in [9.17, 15) is 4.39 Å². The molecule has 0 atom stereocenters. The molecule has 0 bridgehead atoms. The maximum Gasteiger partial charge on any atom is 0.210 e. The van der Waals surface area contributed by atoms with Crippen molar-refractivity contribution in [3.05, 3.63) is 71.9 Å². The molecule has 5 rings (SSSR count). The molecule has 1 N–H and O–H groups in total. The Hall–Kier alpha value is -3.48. The monoisotopic (exact) mass is 360 g/mol. The molecule has 1 aliphatic rings. The van der Waals surface area contributed by atoms with Gasteiger partial charge >= 0.3 is 0 Å². The molecule has 27 heavy (non-hydrogen) atoms. The Morgan fingerprint density at radius 3 is 3.00 bits per heavy atom. The summed E-state index contributed by atoms with van der Waals surface area (Å²) in [5.41, 5.74) is 4.05. The van der Waals surface area contributed by atoms with Crippen LogP contribution in [-0.4, -0.2) is 26.2 Å². The summed E-state index contributed by atoms with van der Waals surface area (Å²) in [6.45, 7) is 0.890. The van der Waals surface area contributed by atoms with Crippen LogP contribution in [0.15, 0.2) is 48.9 Å². The number of fused-ring (bicyclic) bond motifs is 2. The molecule has 1 aliphatic heterocycles. The summed E-state index contributed by atoms with van der Waals surface area (Å²) >= 11 is 0. The van der Waals surface area contributed by atoms with Gasteiger partial charge in [-0.3, -0.25) is 4.40 Å². The Morgan fingerprint density at radius 2 is 2.11 bits per heavy atom. The Kier molecular flexibility index (Phi) is 3.71. The number of benzene rings is 2. The highest BCUT2D eigenvalue weighted by Gasteiger charge is 2.20. The van der Waals surface area contributed by atoms with Crippen LogP contribution in [0.3, 0.4) is 0 Å². The minimum absolute atomic E-state index is 0.246. The Balaban J connectivity index is 1.49. The first-order valence-corrected chi connectivity index (χ1v) is 8.63. The lowest BCUT2D eigenvalue weighted by Crippen LogP contribution is -2.09. The highest BCUT2D eigenvalue weighted by molar-refractivity contribution is 5.77. The number of nitrogens with zero attached hydrogens (tertiary/aromatic N) is 4. The zero-order valence-corrected chi connectivity index (χ0v) is 14.3. The fourth-order valence-corrected chi connectivity index (χ4v) is 3.39. The lowest BCUT2D eigenvalue weighted by Gasteiger charge is -2.12. The predicted molar refractivity (Wildman–Crippen MR) is 98.0 cm³/mol. The topological polar surface area (TPSA) is 64.3 Å². The average molecular weight is 360 g/mol. The van der Waals surface area contributed by atoms with E-state index in [2.05, 4.69) is 26.6 Å². The molecule has 3 heterocycles. The third kappa shape index (κ3) is 2.68. The second-order valence-electron chi connectivity index (χ2n) is 6.26. The zero-order valence-electron chi connectivity index (χ0n) is 14.3. The summed E-state index contributed by atoms with van der Waals surface area (Å²) in [7, 11) is 0. The Labute approximate surface area is 154 Å². The van der Waals surface area contributed by atoms with Gasteiger partial charge in [0.05, 0.1) is 6.61 Å². The molecule has 0 aliphatic carbocycles. The summed E-state index contributed by atoms with van der Waals surface area (Å²) in [5.74, 6) is 1.06. The summed E-state index contributed by atoms with van der Waals surface area (Å²) in [5, 5.41) is 11.4. The van der Waals surface area contributed by atoms with E-state index in [1.54, 1.807) is 23.0 Å². The van der Waals surface area contributed by atoms with Crippen molar-refractivity contribution >= 4 is 11.6 Å². The van der Waals surface area contributed by atoms with Gasteiger partial charge < -0.3 is 10.1 Å². The van der Waals surface area contributed by atoms with Crippen LogP contribution in [0.5, 0.6) is 5.75 Å². The molecule has 0 unspecified atom stereocenters. The maximum absolute atomic E-state index is 14.3. The van der Waals surface area contributed by atoms with E-state index < -0.39 is 0 Å². The minimum atomic E-state index is -0.246. The van der Waals surface area contributed by atoms with Crippen LogP contribution < -0.4 is 10.1 Å². The Morgan fingerprint density at radius 1 is 1.22 bits per heavy atom. The number of anilines is 1. The lowest BCUT2D eigenvalue weighted by molar-refractivity contribution is 0.356. The van der Waals surface area contributed by atoms with Crippen LogP contribution in [0.25, 0.3) is 16.8 Å². The van der Waals surface area contributed by atoms with Gasteiger partial charge in [-0.05, 0) is 23.8 Å². The molecule has 4 aromatic rings. The van der Waals surface area contributed by atoms with E-state index in [-0.39, 0.29) is 5.82 Å². The van der Waals surface area contributed by atoms with Crippen LogP contribution in [0.2, 0.25) is 0 Å². The molecule has 133 valence electrons. The van der Waals surface area contributed by atoms with Crippen LogP contribution in [-0.2, 0) is 13.0 Å². The first-order chi connectivity index (χ1) is 13.3. The number of rotatable bonds is 4. The van der Waals surface area contributed by atoms with Crippen molar-refractivity contribution in [2.45, 2.75) is 13.0 Å². The van der Waals surface area contributed by atoms with Crippen LogP contribution in [0, 0.1) is 11.9 Å². The second kappa shape index (κ2) is 6.35. The van der Waals surface area contributed by atoms with Crippen LogP contribution >= 0.6 is 0 Å². The third-order valence-electron chi connectivity index (χ3n) is 4.73. The van der Waals surface area contributed by atoms with Crippen LogP contribution in [0.4, 0.5) is 10.3 Å². The number of nitrogens with one attached hydrogen (secondary N) is 1. The number of ether oxygens (including phenoxy) is 1. The highest BCUT2D eigenvalue weighted by atomic mass is 19.1. The van der Waals surface area contributed by atoms with Gasteiger partial charge in [0.15, 0.2) is 5.65 Å². The molecule has 2 aromatic carbocycles. The largest absolute Gasteiger partial charge is 0.493 e. The molecular formula is C20H15FN5O. The predicted octanol–water partition coefficient (Wildman–Crippen LogP) is 3.28. The molecule has 0 saturated heterocycles. The molecule has 0 spiro atoms. The molecule has 6 nitrogen and oxygen atoms in total. The van der Waals surface area contributed by atoms with Gasteiger partial charge in [0.2, 0.25) is 5.95 Å². The smallest absolute Gasteiger partial charge is 0.210 e. The van der Waals surface area contributed by atoms with Gasteiger partial charge in [0.25, 0.3) is 0 Å². The van der Waals surface area contributed by atoms with Crippen molar-refractivity contribution in [1.29, 1.82) is 0 Å². The van der Waals surface area contributed by atoms with E-state index >= 15 is 0 Å². The van der Waals surface area contributed by atoms with E-state index in [4.69, 9.17) is 4.74 Å². The first kappa shape index (κ1) is 15.7. The van der Waals surface area contributed by atoms with Gasteiger partial charge in [-0.25, -0.2) is 9.37 Å². The SMILES string of the molecule is Fc1ccc2c(c1CNc1ncc(-c3cc[c]cc3)c3nncn13)CCO2. The van der Waals surface area contributed by atoms with Gasteiger partial charge in [0, 0.05) is 35.9 Å². The van der Waals surface area contributed by atoms with Gasteiger partial charge in [-0.2, -0.15) is 0 Å². The quantitative estimate of drug-likeness (QED) is 0.605. The second-order valence-corrected chi connectivity index (χ2v) is 6.26. The summed E-state index contributed by atoms with van der Waals surface area (Å²) < 4.78 is 21.6. The van der Waals surface area contributed by atoms with Gasteiger partial charge in [-0.15, -0.1) is 10.2 Å². The molecule has 1 radical (unpaired) electrons. The summed E-state index contributed by atoms with van der Waals surface area (Å²) in [4.78, 5) is 4.50. The van der Waals surface area contributed by atoms with E-state index in [0.717, 1.165) is 22.4 Å². The number of aromatic nitrogens is 4. The molecule has 7 heteroatoms. The summed E-state index contributed by atoms with van der Waals surface area (Å²) in [6, 6.07) is 13.7. The maximum atomic E-state index is 14.3. The summed E-state index contributed by atoms with van der Waals surface area (Å²) in [6.07, 6.45) is 4.05. The van der Waals surface area contributed by atoms with Gasteiger partial charge in [-0.1, -0.05) is 24.3 Å². The number of hydrogen-bond donors (Lipinski definition) is 1. The van der Waals surface area contributed by atoms with Crippen molar-refractivity contribution in [3.63, 3.8) is 0 Å². The molecule has 0 fully saturated rings. The molecular weight excluding hydrogens is 345 g/mol. The normalized spacial score (nSPS) is 12.8. The molecule has 0 amide bonds. The molecule has 2 aromatic heterocycles. The van der Waals surface area contributed by atoms with Gasteiger partial charge in [0.1, 0.15) is 17.9 Å². The zero-order chi connectivity index (χ0) is 18.2. The van der Waals surface area contributed by atoms with Crippen molar-refractivity contribution < 1.29 is 9.13 Å².